The number of unbranched alkanes of at least 4 members (excludes halogenated alkanes) is 5. The van der Waals surface area contributed by atoms with Crippen LogP contribution in [0.1, 0.15) is 98.8 Å². The van der Waals surface area contributed by atoms with E-state index >= 15 is 0 Å². The summed E-state index contributed by atoms with van der Waals surface area (Å²) in [7, 11) is 0. The highest BCUT2D eigenvalue weighted by molar-refractivity contribution is 5.76. The van der Waals surface area contributed by atoms with Crippen molar-refractivity contribution in [2.24, 2.45) is 10.2 Å². The minimum absolute atomic E-state index is 0.0384. The number of aliphatic hydroxyl groups excluding tert-OH is 4. The van der Waals surface area contributed by atoms with E-state index in [-0.39, 0.29) is 26.4 Å². The summed E-state index contributed by atoms with van der Waals surface area (Å²) in [4.78, 5) is 20.0. The Morgan fingerprint density at radius 2 is 1.05 bits per heavy atom. The molecule has 3 aliphatic heterocycles. The Morgan fingerprint density at radius 3 is 1.59 bits per heavy atom. The SMILES string of the molecule is CCCCOC(=O)[C@@H]1O[C@@H](O[C@H]2C(O)[C@H](N=[N+]=[N-])[C@H](O)O[C@H]2CO)[C@@H](OCCCC)C(OCCCC)[C@@H]1O[C@H]1O[C@@H](CO)[C@@H](OCCCC)[C@H](OCCCC)C1N=[N+]=[N-]. The molecular formula is C38H68N6O15. The fourth-order valence-electron chi connectivity index (χ4n) is 6.93. The van der Waals surface area contributed by atoms with E-state index in [2.05, 4.69) is 20.1 Å². The number of aliphatic hydroxyl groups is 4. The average molecular weight is 849 g/mol. The third-order valence-corrected chi connectivity index (χ3v) is 10.3. The molecule has 0 aromatic heterocycles. The molecule has 21 nitrogen and oxygen atoms in total. The van der Waals surface area contributed by atoms with Crippen LogP contribution in [0.25, 0.3) is 20.9 Å². The molecule has 0 saturated carbocycles. The first kappa shape index (κ1) is 50.9. The molecule has 3 heterocycles. The maximum atomic E-state index is 14.1. The number of hydrogen-bond acceptors (Lipinski definition) is 17. The summed E-state index contributed by atoms with van der Waals surface area (Å²) in [6, 6.07) is -2.71. The summed E-state index contributed by atoms with van der Waals surface area (Å²) in [5, 5.41) is 50.2. The van der Waals surface area contributed by atoms with Crippen molar-refractivity contribution in [2.75, 3.05) is 46.2 Å². The molecule has 340 valence electrons. The van der Waals surface area contributed by atoms with Crippen molar-refractivity contribution in [1.82, 2.24) is 0 Å². The summed E-state index contributed by atoms with van der Waals surface area (Å²) in [6.07, 6.45) is -10.4. The van der Waals surface area contributed by atoms with Crippen LogP contribution in [-0.4, -0.2) is 165 Å². The van der Waals surface area contributed by atoms with Crippen LogP contribution >= 0.6 is 0 Å². The van der Waals surface area contributed by atoms with E-state index in [1.165, 1.54) is 0 Å². The molecule has 0 radical (unpaired) electrons. The molecular weight excluding hydrogens is 780 g/mol. The van der Waals surface area contributed by atoms with E-state index in [4.69, 9.17) is 52.9 Å². The highest BCUT2D eigenvalue weighted by Gasteiger charge is 2.57. The first-order valence-corrected chi connectivity index (χ1v) is 21.3. The minimum Gasteiger partial charge on any atom is -0.464 e. The Balaban J connectivity index is 2.17. The van der Waals surface area contributed by atoms with Gasteiger partial charge in [-0.2, -0.15) is 0 Å². The number of ether oxygens (including phenoxy) is 10. The largest absolute Gasteiger partial charge is 0.464 e. The minimum atomic E-state index is -1.76. The summed E-state index contributed by atoms with van der Waals surface area (Å²) in [6.45, 7) is 9.63. The van der Waals surface area contributed by atoms with Gasteiger partial charge in [-0.15, -0.1) is 0 Å². The van der Waals surface area contributed by atoms with Gasteiger partial charge >= 0.3 is 5.97 Å². The second-order valence-corrected chi connectivity index (χ2v) is 14.8. The van der Waals surface area contributed by atoms with Crippen molar-refractivity contribution in [3.63, 3.8) is 0 Å². The second-order valence-electron chi connectivity index (χ2n) is 14.8. The Hall–Kier alpha value is -2.43. The van der Waals surface area contributed by atoms with E-state index in [0.717, 1.165) is 32.1 Å². The van der Waals surface area contributed by atoms with Crippen LogP contribution in [0.3, 0.4) is 0 Å². The maximum Gasteiger partial charge on any atom is 0.338 e. The molecule has 3 fully saturated rings. The number of azide groups is 2. The van der Waals surface area contributed by atoms with E-state index in [0.29, 0.717) is 38.7 Å². The standard InChI is InChI=1S/C38H68N6O15/c1-6-11-16-50-29-24(22-46)56-37(26(42-44-40)30(29)51-17-12-7-2)58-32-31(52-18-13-8-3)34(53-19-14-9-4)38(59-33(32)36(49)54-20-15-10-5)57-28-23(21-45)55-35(48)25(27(28)47)41-43-39/h23-35,37-38,45-48H,6-22H2,1-5H3/t23-,24-,25-,26?,27?,28+,29+,30+,31?,32-,33+,34-,35+,37+,38+/m0/s1. The summed E-state index contributed by atoms with van der Waals surface area (Å²) in [5.74, 6) is -0.860. The third-order valence-electron chi connectivity index (χ3n) is 10.3. The normalized spacial score (nSPS) is 34.8. The summed E-state index contributed by atoms with van der Waals surface area (Å²) in [5.41, 5.74) is 19.0. The van der Waals surface area contributed by atoms with Crippen LogP contribution < -0.4 is 0 Å². The molecule has 15 atom stereocenters. The summed E-state index contributed by atoms with van der Waals surface area (Å²) >= 11 is 0. The van der Waals surface area contributed by atoms with Crippen LogP contribution in [-0.2, 0) is 52.2 Å². The fourth-order valence-corrected chi connectivity index (χ4v) is 6.93. The van der Waals surface area contributed by atoms with Gasteiger partial charge in [0.05, 0.1) is 32.0 Å². The van der Waals surface area contributed by atoms with Crippen LogP contribution in [0.4, 0.5) is 0 Å². The van der Waals surface area contributed by atoms with E-state index < -0.39 is 111 Å². The van der Waals surface area contributed by atoms with Crippen LogP contribution in [0.5, 0.6) is 0 Å². The van der Waals surface area contributed by atoms with Gasteiger partial charge < -0.3 is 67.8 Å². The van der Waals surface area contributed by atoms with Gasteiger partial charge in [0.1, 0.15) is 54.8 Å². The van der Waals surface area contributed by atoms with Crippen molar-refractivity contribution in [1.29, 1.82) is 0 Å². The Bertz CT molecular complexity index is 1280. The van der Waals surface area contributed by atoms with Crippen LogP contribution in [0, 0.1) is 0 Å². The number of hydrogen-bond donors (Lipinski definition) is 4. The molecule has 0 aromatic carbocycles. The van der Waals surface area contributed by atoms with E-state index in [1.807, 2.05) is 34.6 Å². The zero-order valence-electron chi connectivity index (χ0n) is 35.1. The molecule has 3 rings (SSSR count). The van der Waals surface area contributed by atoms with Gasteiger partial charge in [-0.1, -0.05) is 77.0 Å². The Morgan fingerprint density at radius 1 is 0.576 bits per heavy atom. The molecule has 3 saturated heterocycles. The number of carbonyl (C=O) groups excluding carboxylic acids is 1. The number of carbonyl (C=O) groups is 1. The molecule has 0 spiro atoms. The number of rotatable bonds is 28. The van der Waals surface area contributed by atoms with Crippen LogP contribution in [0.15, 0.2) is 10.2 Å². The Labute approximate surface area is 346 Å². The van der Waals surface area contributed by atoms with E-state index in [9.17, 15) is 30.8 Å². The predicted octanol–water partition coefficient (Wildman–Crippen LogP) is 3.71. The lowest BCUT2D eigenvalue weighted by Gasteiger charge is -2.50. The molecule has 0 aromatic rings. The zero-order valence-corrected chi connectivity index (χ0v) is 35.1. The monoisotopic (exact) mass is 848 g/mol. The van der Waals surface area contributed by atoms with Crippen molar-refractivity contribution in [3.05, 3.63) is 20.9 Å². The smallest absolute Gasteiger partial charge is 0.338 e. The highest BCUT2D eigenvalue weighted by Crippen LogP contribution is 2.37. The van der Waals surface area contributed by atoms with Gasteiger partial charge in [-0.25, -0.2) is 4.79 Å². The molecule has 0 bridgehead atoms. The van der Waals surface area contributed by atoms with Crippen molar-refractivity contribution < 1.29 is 72.6 Å². The van der Waals surface area contributed by atoms with Crippen molar-refractivity contribution in [3.8, 4) is 0 Å². The highest BCUT2D eigenvalue weighted by atomic mass is 16.8. The molecule has 3 unspecified atom stereocenters. The molecule has 4 N–H and O–H groups in total. The van der Waals surface area contributed by atoms with Gasteiger partial charge in [-0.05, 0) is 43.2 Å². The third kappa shape index (κ3) is 14.6. The van der Waals surface area contributed by atoms with Gasteiger partial charge in [0, 0.05) is 36.3 Å². The topological polar surface area (TPSA) is 288 Å². The first-order chi connectivity index (χ1) is 28.7. The molecule has 0 amide bonds. The average Bonchev–Trinajstić information content (AvgIpc) is 3.23. The Kier molecular flexibility index (Phi) is 24.4. The lowest BCUT2D eigenvalue weighted by molar-refractivity contribution is -0.369. The van der Waals surface area contributed by atoms with Gasteiger partial charge in [0.25, 0.3) is 0 Å². The number of nitrogens with zero attached hydrogens (tertiary/aromatic N) is 6. The van der Waals surface area contributed by atoms with Gasteiger partial charge in [0.2, 0.25) is 0 Å². The summed E-state index contributed by atoms with van der Waals surface area (Å²) < 4.78 is 62.4. The maximum absolute atomic E-state index is 14.1. The lowest BCUT2D eigenvalue weighted by atomic mass is 9.94. The lowest BCUT2D eigenvalue weighted by Crippen LogP contribution is -2.68. The number of esters is 1. The van der Waals surface area contributed by atoms with Crippen molar-refractivity contribution in [2.45, 2.75) is 191 Å². The van der Waals surface area contributed by atoms with E-state index in [1.54, 1.807) is 0 Å². The first-order valence-electron chi connectivity index (χ1n) is 21.3. The predicted molar refractivity (Wildman–Crippen MR) is 208 cm³/mol. The molecule has 3 aliphatic rings. The quantitative estimate of drug-likeness (QED) is 0.0287. The van der Waals surface area contributed by atoms with Gasteiger partial charge in [0.15, 0.2) is 25.0 Å². The van der Waals surface area contributed by atoms with Gasteiger partial charge in [-0.3, -0.25) is 0 Å². The molecule has 21 heteroatoms. The molecule has 0 aliphatic carbocycles. The van der Waals surface area contributed by atoms with Crippen molar-refractivity contribution >= 4 is 5.97 Å². The fraction of sp³-hybridized carbons (Fsp3) is 0.974. The second kappa shape index (κ2) is 28.2. The molecule has 59 heavy (non-hydrogen) atoms. The van der Waals surface area contributed by atoms with Crippen LogP contribution in [0.2, 0.25) is 0 Å². The zero-order chi connectivity index (χ0) is 43.2.